The third-order valence-corrected chi connectivity index (χ3v) is 3.70. The van der Waals surface area contributed by atoms with Crippen molar-refractivity contribution in [2.45, 2.75) is 19.4 Å². The van der Waals surface area contributed by atoms with E-state index in [1.165, 1.54) is 12.8 Å². The molecule has 1 aliphatic rings. The number of nitrogens with zero attached hydrogens (tertiary/aromatic N) is 1. The molecule has 4 nitrogen and oxygen atoms in total. The Hall–Kier alpha value is -1.97. The van der Waals surface area contributed by atoms with Crippen LogP contribution in [0.15, 0.2) is 18.2 Å². The van der Waals surface area contributed by atoms with Gasteiger partial charge in [0.1, 0.15) is 0 Å². The maximum atomic E-state index is 11.2. The van der Waals surface area contributed by atoms with Crippen molar-refractivity contribution in [1.82, 2.24) is 4.57 Å². The molecule has 0 bridgehead atoms. The summed E-state index contributed by atoms with van der Waals surface area (Å²) in [5.41, 5.74) is 1.75. The number of carbonyl (C=O) groups is 1. The second-order valence-electron chi connectivity index (χ2n) is 5.01. The summed E-state index contributed by atoms with van der Waals surface area (Å²) in [5.74, 6) is 2.10. The van der Waals surface area contributed by atoms with Gasteiger partial charge in [-0.2, -0.15) is 0 Å². The molecule has 0 amide bonds. The van der Waals surface area contributed by atoms with Crippen LogP contribution in [0.3, 0.4) is 0 Å². The number of benzene rings is 1. The van der Waals surface area contributed by atoms with E-state index in [-0.39, 0.29) is 0 Å². The van der Waals surface area contributed by atoms with Crippen LogP contribution in [0.5, 0.6) is 11.5 Å². The summed E-state index contributed by atoms with van der Waals surface area (Å²) in [6.45, 7) is 0.910. The molecule has 1 aliphatic carbocycles. The quantitative estimate of drug-likeness (QED) is 0.775. The zero-order valence-electron chi connectivity index (χ0n) is 11.2. The monoisotopic (exact) mass is 259 g/mol. The number of rotatable bonds is 5. The van der Waals surface area contributed by atoms with Crippen molar-refractivity contribution in [2.75, 3.05) is 14.2 Å². The highest BCUT2D eigenvalue weighted by atomic mass is 16.5. The standard InChI is InChI=1S/C15H17NO3/c1-18-14-6-11-5-12(9-17)16(8-10-3-4-10)13(11)7-15(14)19-2/h5-7,9-10H,3-4,8H2,1-2H3. The number of aldehydes is 1. The molecule has 1 fully saturated rings. The molecule has 3 rings (SSSR count). The van der Waals surface area contributed by atoms with Crippen LogP contribution >= 0.6 is 0 Å². The van der Waals surface area contributed by atoms with Crippen LogP contribution in [0.2, 0.25) is 0 Å². The molecule has 0 saturated heterocycles. The van der Waals surface area contributed by atoms with Crippen LogP contribution in [-0.2, 0) is 6.54 Å². The first-order valence-electron chi connectivity index (χ1n) is 6.47. The molecular weight excluding hydrogens is 242 g/mol. The van der Waals surface area contributed by atoms with Gasteiger partial charge in [-0.25, -0.2) is 0 Å². The average molecular weight is 259 g/mol. The van der Waals surface area contributed by atoms with Crippen LogP contribution in [0.25, 0.3) is 10.9 Å². The zero-order valence-corrected chi connectivity index (χ0v) is 11.2. The van der Waals surface area contributed by atoms with Gasteiger partial charge in [-0.1, -0.05) is 0 Å². The highest BCUT2D eigenvalue weighted by Gasteiger charge is 2.24. The van der Waals surface area contributed by atoms with Gasteiger partial charge in [0.05, 0.1) is 25.4 Å². The van der Waals surface area contributed by atoms with Crippen molar-refractivity contribution in [3.05, 3.63) is 23.9 Å². The van der Waals surface area contributed by atoms with Gasteiger partial charge in [0.15, 0.2) is 17.8 Å². The smallest absolute Gasteiger partial charge is 0.166 e. The average Bonchev–Trinajstić information content (AvgIpc) is 3.19. The summed E-state index contributed by atoms with van der Waals surface area (Å²) < 4.78 is 12.7. The molecule has 100 valence electrons. The fourth-order valence-corrected chi connectivity index (χ4v) is 2.47. The molecule has 1 aromatic carbocycles. The SMILES string of the molecule is COc1cc2cc(C=O)n(CC3CC3)c2cc1OC. The van der Waals surface area contributed by atoms with Crippen LogP contribution in [0.4, 0.5) is 0 Å². The summed E-state index contributed by atoms with van der Waals surface area (Å²) in [5, 5.41) is 1.01. The van der Waals surface area contributed by atoms with Crippen LogP contribution in [0, 0.1) is 5.92 Å². The lowest BCUT2D eigenvalue weighted by atomic mass is 10.2. The molecule has 1 heterocycles. The normalized spacial score (nSPS) is 14.6. The van der Waals surface area contributed by atoms with Gasteiger partial charge in [-0.3, -0.25) is 4.79 Å². The Morgan fingerprint density at radius 1 is 1.21 bits per heavy atom. The van der Waals surface area contributed by atoms with Crippen molar-refractivity contribution >= 4 is 17.2 Å². The van der Waals surface area contributed by atoms with E-state index in [0.29, 0.717) is 17.4 Å². The lowest BCUT2D eigenvalue weighted by Gasteiger charge is -2.10. The lowest BCUT2D eigenvalue weighted by molar-refractivity contribution is 0.111. The third kappa shape index (κ3) is 2.07. The topological polar surface area (TPSA) is 40.5 Å². The first-order valence-corrected chi connectivity index (χ1v) is 6.47. The highest BCUT2D eigenvalue weighted by Crippen LogP contribution is 2.36. The van der Waals surface area contributed by atoms with Gasteiger partial charge in [0.25, 0.3) is 0 Å². The van der Waals surface area contributed by atoms with E-state index in [0.717, 1.165) is 29.4 Å². The summed E-state index contributed by atoms with van der Waals surface area (Å²) in [4.78, 5) is 11.2. The highest BCUT2D eigenvalue weighted by molar-refractivity contribution is 5.91. The van der Waals surface area contributed by atoms with Crippen LogP contribution < -0.4 is 9.47 Å². The Morgan fingerprint density at radius 2 is 1.89 bits per heavy atom. The van der Waals surface area contributed by atoms with E-state index < -0.39 is 0 Å². The molecule has 0 aliphatic heterocycles. The molecule has 0 radical (unpaired) electrons. The molecule has 0 atom stereocenters. The molecule has 19 heavy (non-hydrogen) atoms. The Kier molecular flexibility index (Phi) is 2.93. The fourth-order valence-electron chi connectivity index (χ4n) is 2.47. The van der Waals surface area contributed by atoms with Crippen LogP contribution in [0.1, 0.15) is 23.3 Å². The second-order valence-corrected chi connectivity index (χ2v) is 5.01. The molecular formula is C15H17NO3. The van der Waals surface area contributed by atoms with Gasteiger partial charge in [0, 0.05) is 18.0 Å². The minimum absolute atomic E-state index is 0.691. The van der Waals surface area contributed by atoms with E-state index >= 15 is 0 Å². The Labute approximate surface area is 111 Å². The fraction of sp³-hybridized carbons (Fsp3) is 0.400. The van der Waals surface area contributed by atoms with Crippen molar-refractivity contribution < 1.29 is 14.3 Å². The van der Waals surface area contributed by atoms with Gasteiger partial charge < -0.3 is 14.0 Å². The third-order valence-electron chi connectivity index (χ3n) is 3.70. The maximum Gasteiger partial charge on any atom is 0.166 e. The van der Waals surface area contributed by atoms with E-state index in [1.807, 2.05) is 18.2 Å². The first-order chi connectivity index (χ1) is 9.26. The van der Waals surface area contributed by atoms with E-state index in [9.17, 15) is 4.79 Å². The summed E-state index contributed by atoms with van der Waals surface area (Å²) >= 11 is 0. The van der Waals surface area contributed by atoms with Crippen molar-refractivity contribution in [3.63, 3.8) is 0 Å². The summed E-state index contributed by atoms with van der Waals surface area (Å²) in [6.07, 6.45) is 3.43. The number of hydrogen-bond donors (Lipinski definition) is 0. The minimum Gasteiger partial charge on any atom is -0.493 e. The molecule has 1 aromatic heterocycles. The zero-order chi connectivity index (χ0) is 13.4. The second kappa shape index (κ2) is 4.61. The number of hydrogen-bond acceptors (Lipinski definition) is 3. The van der Waals surface area contributed by atoms with Crippen molar-refractivity contribution in [2.24, 2.45) is 5.92 Å². The predicted octanol–water partition coefficient (Wildman–Crippen LogP) is 2.88. The predicted molar refractivity (Wildman–Crippen MR) is 73.2 cm³/mol. The minimum atomic E-state index is 0.691. The maximum absolute atomic E-state index is 11.2. The van der Waals surface area contributed by atoms with Crippen LogP contribution in [-0.4, -0.2) is 25.1 Å². The molecule has 2 aromatic rings. The van der Waals surface area contributed by atoms with Gasteiger partial charge in [-0.15, -0.1) is 0 Å². The van der Waals surface area contributed by atoms with E-state index in [1.54, 1.807) is 14.2 Å². The number of methoxy groups -OCH3 is 2. The lowest BCUT2D eigenvalue weighted by Crippen LogP contribution is -2.03. The van der Waals surface area contributed by atoms with Crippen molar-refractivity contribution in [3.8, 4) is 11.5 Å². The number of aromatic nitrogens is 1. The largest absolute Gasteiger partial charge is 0.493 e. The molecule has 0 spiro atoms. The number of ether oxygens (including phenoxy) is 2. The van der Waals surface area contributed by atoms with Gasteiger partial charge >= 0.3 is 0 Å². The van der Waals surface area contributed by atoms with Gasteiger partial charge in [0.2, 0.25) is 0 Å². The summed E-state index contributed by atoms with van der Waals surface area (Å²) in [6, 6.07) is 5.78. The summed E-state index contributed by atoms with van der Waals surface area (Å²) in [7, 11) is 3.24. The van der Waals surface area contributed by atoms with Gasteiger partial charge in [-0.05, 0) is 30.9 Å². The Morgan fingerprint density at radius 3 is 2.47 bits per heavy atom. The number of fused-ring (bicyclic) bond motifs is 1. The molecule has 0 unspecified atom stereocenters. The molecule has 4 heteroatoms. The molecule has 0 N–H and O–H groups in total. The molecule has 1 saturated carbocycles. The van der Waals surface area contributed by atoms with Crippen molar-refractivity contribution in [1.29, 1.82) is 0 Å². The Balaban J connectivity index is 2.17. The first kappa shape index (κ1) is 12.1. The van der Waals surface area contributed by atoms with E-state index in [4.69, 9.17) is 9.47 Å². The van der Waals surface area contributed by atoms with E-state index in [2.05, 4.69) is 4.57 Å². The number of carbonyl (C=O) groups excluding carboxylic acids is 1. The Bertz CT molecular complexity index is 626.